The summed E-state index contributed by atoms with van der Waals surface area (Å²) < 4.78 is 5.20. The number of rotatable bonds is 3. The predicted octanol–water partition coefficient (Wildman–Crippen LogP) is -0.203. The number of hydrogen-bond acceptors (Lipinski definition) is 3. The van der Waals surface area contributed by atoms with Crippen molar-refractivity contribution in [3.8, 4) is 0 Å². The normalized spacial score (nSPS) is 18.6. The average Bonchev–Trinajstić information content (AvgIpc) is 2.18. The molecule has 4 nitrogen and oxygen atoms in total. The van der Waals surface area contributed by atoms with Crippen LogP contribution in [0.2, 0.25) is 0 Å². The van der Waals surface area contributed by atoms with Crippen LogP contribution in [0.3, 0.4) is 0 Å². The highest BCUT2D eigenvalue weighted by Crippen LogP contribution is 1.97. The first kappa shape index (κ1) is 10.5. The van der Waals surface area contributed by atoms with Crippen LogP contribution in [0.15, 0.2) is 0 Å². The van der Waals surface area contributed by atoms with E-state index < -0.39 is 0 Å². The fraction of sp³-hybridized carbons (Fsp3) is 0.889. The Morgan fingerprint density at radius 2 is 2.08 bits per heavy atom. The van der Waals surface area contributed by atoms with Gasteiger partial charge in [-0.25, -0.2) is 0 Å². The van der Waals surface area contributed by atoms with E-state index in [1.165, 1.54) is 0 Å². The summed E-state index contributed by atoms with van der Waals surface area (Å²) in [5.74, 6) is 0.199. The molecule has 0 spiro atoms. The van der Waals surface area contributed by atoms with Crippen molar-refractivity contribution < 1.29 is 9.53 Å². The van der Waals surface area contributed by atoms with Crippen molar-refractivity contribution in [2.24, 2.45) is 0 Å². The first-order valence-electron chi connectivity index (χ1n) is 4.78. The lowest BCUT2D eigenvalue weighted by Crippen LogP contribution is -2.43. The van der Waals surface area contributed by atoms with Crippen LogP contribution >= 0.6 is 0 Å². The summed E-state index contributed by atoms with van der Waals surface area (Å²) >= 11 is 0. The van der Waals surface area contributed by atoms with E-state index in [1.807, 2.05) is 14.0 Å². The molecule has 4 heteroatoms. The summed E-state index contributed by atoms with van der Waals surface area (Å²) in [4.78, 5) is 15.4. The van der Waals surface area contributed by atoms with E-state index in [4.69, 9.17) is 4.74 Å². The van der Waals surface area contributed by atoms with Crippen molar-refractivity contribution >= 4 is 5.91 Å². The predicted molar refractivity (Wildman–Crippen MR) is 50.6 cm³/mol. The zero-order valence-electron chi connectivity index (χ0n) is 8.45. The van der Waals surface area contributed by atoms with E-state index in [0.717, 1.165) is 32.8 Å². The summed E-state index contributed by atoms with van der Waals surface area (Å²) in [7, 11) is 1.84. The Labute approximate surface area is 79.4 Å². The van der Waals surface area contributed by atoms with Crippen LogP contribution in [-0.4, -0.2) is 62.1 Å². The van der Waals surface area contributed by atoms with Crippen LogP contribution < -0.4 is 0 Å². The quantitative estimate of drug-likeness (QED) is 0.612. The number of ether oxygens (including phenoxy) is 1. The molecule has 0 atom stereocenters. The van der Waals surface area contributed by atoms with Crippen molar-refractivity contribution in [3.63, 3.8) is 0 Å². The number of likely N-dealkylation sites (N-methyl/N-ethyl adjacent to an activating group) is 1. The van der Waals surface area contributed by atoms with Gasteiger partial charge in [0.25, 0.3) is 0 Å². The lowest BCUT2D eigenvalue weighted by molar-refractivity contribution is -0.131. The number of carbonyl (C=O) groups excluding carboxylic acids is 1. The highest BCUT2D eigenvalue weighted by atomic mass is 16.5. The van der Waals surface area contributed by atoms with Gasteiger partial charge in [-0.3, -0.25) is 9.69 Å². The molecule has 0 unspecified atom stereocenters. The number of nitrogens with zero attached hydrogens (tertiary/aromatic N) is 2. The van der Waals surface area contributed by atoms with Crippen LogP contribution in [0, 0.1) is 0 Å². The maximum absolute atomic E-state index is 11.5. The second-order valence-corrected chi connectivity index (χ2v) is 3.30. The Kier molecular flexibility index (Phi) is 4.18. The molecule has 1 amide bonds. The van der Waals surface area contributed by atoms with Gasteiger partial charge in [-0.1, -0.05) is 0 Å². The van der Waals surface area contributed by atoms with Gasteiger partial charge >= 0.3 is 0 Å². The summed E-state index contributed by atoms with van der Waals surface area (Å²) in [6.45, 7) is 6.56. The van der Waals surface area contributed by atoms with Gasteiger partial charge in [-0.05, 0) is 6.92 Å². The Bertz CT molecular complexity index is 167. The molecule has 0 radical (unpaired) electrons. The molecule has 1 aliphatic rings. The first-order valence-corrected chi connectivity index (χ1v) is 4.78. The van der Waals surface area contributed by atoms with E-state index in [1.54, 1.807) is 4.90 Å². The fourth-order valence-electron chi connectivity index (χ4n) is 1.25. The number of morpholine rings is 1. The molecule has 1 heterocycles. The Morgan fingerprint density at radius 3 is 2.62 bits per heavy atom. The maximum atomic E-state index is 11.5. The van der Waals surface area contributed by atoms with Crippen molar-refractivity contribution in [3.05, 3.63) is 0 Å². The number of hydrogen-bond donors (Lipinski definition) is 0. The molecule has 76 valence electrons. The lowest BCUT2D eigenvalue weighted by Gasteiger charge is -2.27. The molecular formula is C9H18N2O2. The molecule has 13 heavy (non-hydrogen) atoms. The van der Waals surface area contributed by atoms with Crippen LogP contribution in [0.1, 0.15) is 6.92 Å². The Morgan fingerprint density at radius 1 is 1.46 bits per heavy atom. The average molecular weight is 186 g/mol. The summed E-state index contributed by atoms with van der Waals surface area (Å²) in [6.07, 6.45) is 0. The third-order valence-electron chi connectivity index (χ3n) is 2.36. The SMILES string of the molecule is CCN(C)C(=O)CN1CCOCC1. The third-order valence-corrected chi connectivity index (χ3v) is 2.36. The number of carbonyl (C=O) groups is 1. The van der Waals surface area contributed by atoms with Gasteiger partial charge in [-0.15, -0.1) is 0 Å². The molecule has 0 bridgehead atoms. The molecule has 1 rings (SSSR count). The molecular weight excluding hydrogens is 168 g/mol. The molecule has 1 saturated heterocycles. The van der Waals surface area contributed by atoms with Gasteiger partial charge in [0.05, 0.1) is 19.8 Å². The summed E-state index contributed by atoms with van der Waals surface area (Å²) in [5.41, 5.74) is 0. The molecule has 0 aromatic carbocycles. The molecule has 0 N–H and O–H groups in total. The van der Waals surface area contributed by atoms with E-state index in [2.05, 4.69) is 4.90 Å². The molecule has 1 fully saturated rings. The van der Waals surface area contributed by atoms with Crippen molar-refractivity contribution in [1.29, 1.82) is 0 Å². The first-order chi connectivity index (χ1) is 6.24. The van der Waals surface area contributed by atoms with Gasteiger partial charge in [0.15, 0.2) is 0 Å². The minimum atomic E-state index is 0.199. The number of amides is 1. The molecule has 0 saturated carbocycles. The minimum Gasteiger partial charge on any atom is -0.379 e. The molecule has 1 aliphatic heterocycles. The topological polar surface area (TPSA) is 32.8 Å². The van der Waals surface area contributed by atoms with E-state index >= 15 is 0 Å². The second-order valence-electron chi connectivity index (χ2n) is 3.30. The van der Waals surface area contributed by atoms with Gasteiger partial charge in [0.2, 0.25) is 5.91 Å². The zero-order valence-corrected chi connectivity index (χ0v) is 8.45. The maximum Gasteiger partial charge on any atom is 0.236 e. The Hall–Kier alpha value is -0.610. The van der Waals surface area contributed by atoms with Gasteiger partial charge < -0.3 is 9.64 Å². The van der Waals surface area contributed by atoms with Gasteiger partial charge in [-0.2, -0.15) is 0 Å². The standard InChI is InChI=1S/C9H18N2O2/c1-3-10(2)9(12)8-11-4-6-13-7-5-11/h3-8H2,1-2H3. The zero-order chi connectivity index (χ0) is 9.68. The largest absolute Gasteiger partial charge is 0.379 e. The highest BCUT2D eigenvalue weighted by molar-refractivity contribution is 5.77. The summed E-state index contributed by atoms with van der Waals surface area (Å²) in [6, 6.07) is 0. The monoisotopic (exact) mass is 186 g/mol. The van der Waals surface area contributed by atoms with Crippen LogP contribution in [0.25, 0.3) is 0 Å². The molecule has 0 aromatic heterocycles. The molecule has 0 aliphatic carbocycles. The van der Waals surface area contributed by atoms with Gasteiger partial charge in [0, 0.05) is 26.7 Å². The molecule has 0 aromatic rings. The highest BCUT2D eigenvalue weighted by Gasteiger charge is 2.15. The fourth-order valence-corrected chi connectivity index (χ4v) is 1.25. The van der Waals surface area contributed by atoms with E-state index in [0.29, 0.717) is 6.54 Å². The minimum absolute atomic E-state index is 0.199. The van der Waals surface area contributed by atoms with Crippen molar-refractivity contribution in [2.75, 3.05) is 46.4 Å². The van der Waals surface area contributed by atoms with Crippen molar-refractivity contribution in [1.82, 2.24) is 9.80 Å². The van der Waals surface area contributed by atoms with Crippen molar-refractivity contribution in [2.45, 2.75) is 6.92 Å². The van der Waals surface area contributed by atoms with Crippen LogP contribution in [-0.2, 0) is 9.53 Å². The summed E-state index contributed by atoms with van der Waals surface area (Å²) in [5, 5.41) is 0. The van der Waals surface area contributed by atoms with E-state index in [-0.39, 0.29) is 5.91 Å². The lowest BCUT2D eigenvalue weighted by atomic mass is 10.4. The van der Waals surface area contributed by atoms with E-state index in [9.17, 15) is 4.79 Å². The van der Waals surface area contributed by atoms with Gasteiger partial charge in [0.1, 0.15) is 0 Å². The van der Waals surface area contributed by atoms with Crippen LogP contribution in [0.4, 0.5) is 0 Å². The Balaban J connectivity index is 2.26. The smallest absolute Gasteiger partial charge is 0.236 e. The second kappa shape index (κ2) is 5.19. The third kappa shape index (κ3) is 3.32. The van der Waals surface area contributed by atoms with Crippen LogP contribution in [0.5, 0.6) is 0 Å².